The van der Waals surface area contributed by atoms with Crippen molar-refractivity contribution in [3.8, 4) is 5.75 Å². The van der Waals surface area contributed by atoms with Crippen molar-refractivity contribution in [1.82, 2.24) is 9.21 Å². The highest BCUT2D eigenvalue weighted by Gasteiger charge is 2.33. The number of carbonyl (C=O) groups is 1. The summed E-state index contributed by atoms with van der Waals surface area (Å²) >= 11 is 5.93. The van der Waals surface area contributed by atoms with Crippen molar-refractivity contribution >= 4 is 27.5 Å². The number of amides is 1. The number of aryl methyl sites for hydroxylation is 1. The molecule has 0 N–H and O–H groups in total. The zero-order valence-electron chi connectivity index (χ0n) is 16.1. The van der Waals surface area contributed by atoms with Crippen LogP contribution in [-0.4, -0.2) is 55.8 Å². The minimum Gasteiger partial charge on any atom is -0.481 e. The number of carbonyl (C=O) groups excluding carboxylic acids is 1. The highest BCUT2D eigenvalue weighted by atomic mass is 35.5. The molecular weight excluding hydrogens is 419 g/mol. The highest BCUT2D eigenvalue weighted by molar-refractivity contribution is 7.89. The normalized spacial score (nSPS) is 16.5. The third-order valence-corrected chi connectivity index (χ3v) is 6.96. The van der Waals surface area contributed by atoms with Crippen LogP contribution in [0.5, 0.6) is 5.75 Å². The molecule has 0 saturated carbocycles. The molecule has 0 spiro atoms. The molecule has 6 nitrogen and oxygen atoms in total. The molecule has 1 aliphatic rings. The molecule has 1 atom stereocenters. The summed E-state index contributed by atoms with van der Waals surface area (Å²) in [5, 5.41) is 0.584. The lowest BCUT2D eigenvalue weighted by Gasteiger charge is -2.35. The number of nitrogens with zero attached hydrogens (tertiary/aromatic N) is 2. The third kappa shape index (κ3) is 4.71. The Morgan fingerprint density at radius 2 is 1.79 bits per heavy atom. The number of ether oxygens (including phenoxy) is 1. The Balaban J connectivity index is 1.62. The minimum atomic E-state index is -3.94. The van der Waals surface area contributed by atoms with Crippen LogP contribution in [0.2, 0.25) is 5.02 Å². The maximum Gasteiger partial charge on any atom is 0.263 e. The molecule has 9 heteroatoms. The number of halogens is 2. The maximum atomic E-state index is 13.9. The molecule has 156 valence electrons. The fourth-order valence-electron chi connectivity index (χ4n) is 3.18. The number of rotatable bonds is 5. The highest BCUT2D eigenvalue weighted by Crippen LogP contribution is 2.24. The van der Waals surface area contributed by atoms with Crippen LogP contribution < -0.4 is 4.74 Å². The van der Waals surface area contributed by atoms with Crippen LogP contribution in [0, 0.1) is 12.7 Å². The van der Waals surface area contributed by atoms with Gasteiger partial charge in [-0.15, -0.1) is 0 Å². The van der Waals surface area contributed by atoms with E-state index in [1.54, 1.807) is 30.0 Å². The Hall–Kier alpha value is -2.16. The predicted molar refractivity (Wildman–Crippen MR) is 108 cm³/mol. The van der Waals surface area contributed by atoms with E-state index in [-0.39, 0.29) is 37.0 Å². The second-order valence-electron chi connectivity index (χ2n) is 6.83. The molecule has 29 heavy (non-hydrogen) atoms. The van der Waals surface area contributed by atoms with E-state index in [9.17, 15) is 17.6 Å². The molecule has 3 rings (SSSR count). The van der Waals surface area contributed by atoms with E-state index in [1.165, 1.54) is 22.5 Å². The first kappa shape index (κ1) is 21.5. The number of hydrogen-bond donors (Lipinski definition) is 0. The SMILES string of the molecule is Cc1cc(Cl)ccc1OC(C)C(=O)N1CCN(S(=O)(=O)c2ccccc2F)CC1. The molecule has 1 saturated heterocycles. The monoisotopic (exact) mass is 440 g/mol. The summed E-state index contributed by atoms with van der Waals surface area (Å²) < 4.78 is 46.2. The van der Waals surface area contributed by atoms with Crippen molar-refractivity contribution in [2.45, 2.75) is 24.8 Å². The van der Waals surface area contributed by atoms with Crippen LogP contribution >= 0.6 is 11.6 Å². The lowest BCUT2D eigenvalue weighted by atomic mass is 10.2. The van der Waals surface area contributed by atoms with Crippen LogP contribution in [0.15, 0.2) is 47.4 Å². The molecule has 1 fully saturated rings. The quantitative estimate of drug-likeness (QED) is 0.716. The summed E-state index contributed by atoms with van der Waals surface area (Å²) in [5.74, 6) is -0.454. The van der Waals surface area contributed by atoms with E-state index in [4.69, 9.17) is 16.3 Å². The summed E-state index contributed by atoms with van der Waals surface area (Å²) in [4.78, 5) is 13.9. The zero-order valence-corrected chi connectivity index (χ0v) is 17.7. The number of sulfonamides is 1. The van der Waals surface area contributed by atoms with Gasteiger partial charge in [-0.2, -0.15) is 4.31 Å². The van der Waals surface area contributed by atoms with Gasteiger partial charge in [0.05, 0.1) is 0 Å². The molecular formula is C20H22ClFN2O4S. The first-order valence-electron chi connectivity index (χ1n) is 9.16. The second-order valence-corrected chi connectivity index (χ2v) is 9.17. The molecule has 1 aliphatic heterocycles. The smallest absolute Gasteiger partial charge is 0.263 e. The van der Waals surface area contributed by atoms with Crippen LogP contribution in [0.3, 0.4) is 0 Å². The van der Waals surface area contributed by atoms with Crippen molar-refractivity contribution in [1.29, 1.82) is 0 Å². The topological polar surface area (TPSA) is 66.9 Å². The van der Waals surface area contributed by atoms with E-state index >= 15 is 0 Å². The van der Waals surface area contributed by atoms with E-state index in [1.807, 2.05) is 6.92 Å². The lowest BCUT2D eigenvalue weighted by molar-refractivity contribution is -0.139. The summed E-state index contributed by atoms with van der Waals surface area (Å²) in [7, 11) is -3.94. The molecule has 1 amide bonds. The number of hydrogen-bond acceptors (Lipinski definition) is 4. The number of piperazine rings is 1. The molecule has 1 heterocycles. The molecule has 0 aliphatic carbocycles. The molecule has 2 aromatic carbocycles. The Morgan fingerprint density at radius 3 is 2.41 bits per heavy atom. The van der Waals surface area contributed by atoms with E-state index in [2.05, 4.69) is 0 Å². The lowest BCUT2D eigenvalue weighted by Crippen LogP contribution is -2.53. The Kier molecular flexibility index (Phi) is 6.45. The average Bonchev–Trinajstić information content (AvgIpc) is 2.69. The van der Waals surface area contributed by atoms with E-state index in [0.29, 0.717) is 10.8 Å². The van der Waals surface area contributed by atoms with Gasteiger partial charge < -0.3 is 9.64 Å². The van der Waals surface area contributed by atoms with Gasteiger partial charge in [0.25, 0.3) is 5.91 Å². The van der Waals surface area contributed by atoms with Gasteiger partial charge in [-0.25, -0.2) is 12.8 Å². The molecule has 0 bridgehead atoms. The van der Waals surface area contributed by atoms with Crippen LogP contribution in [0.4, 0.5) is 4.39 Å². The predicted octanol–water partition coefficient (Wildman–Crippen LogP) is 3.09. The van der Waals surface area contributed by atoms with E-state index in [0.717, 1.165) is 11.6 Å². The Labute approximate surface area is 174 Å². The van der Waals surface area contributed by atoms with Crippen molar-refractivity contribution in [2.24, 2.45) is 0 Å². The summed E-state index contributed by atoms with van der Waals surface area (Å²) in [5.41, 5.74) is 0.818. The van der Waals surface area contributed by atoms with Crippen molar-refractivity contribution in [3.63, 3.8) is 0 Å². The third-order valence-electron chi connectivity index (χ3n) is 4.79. The second kappa shape index (κ2) is 8.69. The van der Waals surface area contributed by atoms with Crippen LogP contribution in [0.25, 0.3) is 0 Å². The van der Waals surface area contributed by atoms with Crippen molar-refractivity contribution < 1.29 is 22.3 Å². The van der Waals surface area contributed by atoms with Crippen LogP contribution in [-0.2, 0) is 14.8 Å². The average molecular weight is 441 g/mol. The zero-order chi connectivity index (χ0) is 21.2. The van der Waals surface area contributed by atoms with Gasteiger partial charge in [0.15, 0.2) is 6.10 Å². The molecule has 0 aromatic heterocycles. The summed E-state index contributed by atoms with van der Waals surface area (Å²) in [6.07, 6.45) is -0.732. The maximum absolute atomic E-state index is 13.9. The summed E-state index contributed by atoms with van der Waals surface area (Å²) in [6, 6.07) is 10.4. The van der Waals surface area contributed by atoms with Crippen molar-refractivity contribution in [2.75, 3.05) is 26.2 Å². The fraction of sp³-hybridized carbons (Fsp3) is 0.350. The summed E-state index contributed by atoms with van der Waals surface area (Å²) in [6.45, 7) is 4.09. The fourth-order valence-corrected chi connectivity index (χ4v) is 4.90. The Bertz CT molecular complexity index is 1010. The van der Waals surface area contributed by atoms with Gasteiger partial charge >= 0.3 is 0 Å². The van der Waals surface area contributed by atoms with Gasteiger partial charge in [0.2, 0.25) is 10.0 Å². The first-order valence-corrected chi connectivity index (χ1v) is 11.0. The van der Waals surface area contributed by atoms with Gasteiger partial charge in [-0.3, -0.25) is 4.79 Å². The van der Waals surface area contributed by atoms with E-state index < -0.39 is 21.9 Å². The van der Waals surface area contributed by atoms with Crippen molar-refractivity contribution in [3.05, 3.63) is 58.9 Å². The molecule has 2 aromatic rings. The standard InChI is InChI=1S/C20H22ClFN2O4S/c1-14-13-16(21)7-8-18(14)28-15(2)20(25)23-9-11-24(12-10-23)29(26,27)19-6-4-3-5-17(19)22/h3-8,13,15H,9-12H2,1-2H3. The molecule has 0 radical (unpaired) electrons. The first-order chi connectivity index (χ1) is 13.7. The number of benzene rings is 2. The largest absolute Gasteiger partial charge is 0.481 e. The van der Waals surface area contributed by atoms with Gasteiger partial charge in [-0.05, 0) is 49.7 Å². The van der Waals surface area contributed by atoms with Gasteiger partial charge in [-0.1, -0.05) is 23.7 Å². The molecule has 1 unspecified atom stereocenters. The van der Waals surface area contributed by atoms with Crippen LogP contribution in [0.1, 0.15) is 12.5 Å². The van der Waals surface area contributed by atoms with Gasteiger partial charge in [0, 0.05) is 31.2 Å². The van der Waals surface area contributed by atoms with Gasteiger partial charge in [0.1, 0.15) is 16.5 Å². The Morgan fingerprint density at radius 1 is 1.14 bits per heavy atom. The minimum absolute atomic E-state index is 0.0924.